The molecule has 232 valence electrons. The molecule has 1 fully saturated rings. The van der Waals surface area contributed by atoms with Crippen molar-refractivity contribution in [3.05, 3.63) is 65.0 Å². The summed E-state index contributed by atoms with van der Waals surface area (Å²) in [7, 11) is 5.44. The highest BCUT2D eigenvalue weighted by atomic mass is 19.4. The van der Waals surface area contributed by atoms with Crippen LogP contribution in [-0.2, 0) is 32.9 Å². The van der Waals surface area contributed by atoms with Crippen LogP contribution in [0, 0.1) is 5.82 Å². The van der Waals surface area contributed by atoms with Gasteiger partial charge in [0.05, 0.1) is 0 Å². The first-order chi connectivity index (χ1) is 20.1. The van der Waals surface area contributed by atoms with E-state index in [1.54, 1.807) is 25.2 Å². The first kappa shape index (κ1) is 31.7. The standard InChI is InChI=1S/C29H33F4N5O5/c1-18(29(31,32)33)37(16-19-5-7-21(30)8-6-19)24(39)17-38-25(40)28(43-27(38)42)12-11-20-15-22(9-10-23(20)28)34-26(41)36(4)14-13-35(2)3/h5-10,15,18H,11-14,16-17H2,1-4H3,(H,34,41)/t18-,28+/m0/s1. The number of carbonyl (C=O) groups is 4. The second-order valence-corrected chi connectivity index (χ2v) is 11.0. The van der Waals surface area contributed by atoms with E-state index in [1.165, 1.54) is 17.0 Å². The zero-order valence-electron chi connectivity index (χ0n) is 24.2. The van der Waals surface area contributed by atoms with Gasteiger partial charge in [0.2, 0.25) is 11.5 Å². The lowest BCUT2D eigenvalue weighted by molar-refractivity contribution is -0.187. The Morgan fingerprint density at radius 1 is 1.07 bits per heavy atom. The molecule has 0 saturated carbocycles. The molecule has 5 amide bonds. The molecule has 0 aromatic heterocycles. The number of rotatable bonds is 9. The number of nitrogens with one attached hydrogen (secondary N) is 1. The summed E-state index contributed by atoms with van der Waals surface area (Å²) in [6, 6.07) is 6.81. The molecule has 2 atom stereocenters. The summed E-state index contributed by atoms with van der Waals surface area (Å²) in [5.41, 5.74) is 0.00106. The van der Waals surface area contributed by atoms with Crippen LogP contribution < -0.4 is 5.32 Å². The number of aryl methyl sites for hydroxylation is 1. The van der Waals surface area contributed by atoms with Crippen molar-refractivity contribution >= 4 is 29.6 Å². The lowest BCUT2D eigenvalue weighted by Gasteiger charge is -2.31. The van der Waals surface area contributed by atoms with Crippen molar-refractivity contribution in [2.24, 2.45) is 0 Å². The van der Waals surface area contributed by atoms with Gasteiger partial charge in [-0.25, -0.2) is 18.9 Å². The van der Waals surface area contributed by atoms with Gasteiger partial charge >= 0.3 is 18.3 Å². The molecule has 0 unspecified atom stereocenters. The third-order valence-electron chi connectivity index (χ3n) is 7.66. The molecule has 43 heavy (non-hydrogen) atoms. The highest BCUT2D eigenvalue weighted by molar-refractivity contribution is 6.06. The van der Waals surface area contributed by atoms with Gasteiger partial charge in [-0.05, 0) is 62.8 Å². The molecule has 14 heteroatoms. The summed E-state index contributed by atoms with van der Waals surface area (Å²) in [6.07, 6.45) is -5.56. The molecule has 1 saturated heterocycles. The number of urea groups is 1. The number of alkyl halides is 3. The lowest BCUT2D eigenvalue weighted by atomic mass is 9.94. The van der Waals surface area contributed by atoms with Crippen LogP contribution in [0.5, 0.6) is 0 Å². The Kier molecular flexibility index (Phi) is 9.00. The van der Waals surface area contributed by atoms with E-state index >= 15 is 0 Å². The molecular weight excluding hydrogens is 574 g/mol. The smallest absolute Gasteiger partial charge is 0.418 e. The number of halogens is 4. The van der Waals surface area contributed by atoms with Gasteiger partial charge in [0.15, 0.2) is 0 Å². The maximum Gasteiger partial charge on any atom is 0.418 e. The van der Waals surface area contributed by atoms with E-state index < -0.39 is 54.6 Å². The minimum Gasteiger partial charge on any atom is -0.427 e. The Hall–Kier alpha value is -4.20. The molecule has 0 bridgehead atoms. The molecule has 1 aliphatic carbocycles. The van der Waals surface area contributed by atoms with E-state index in [2.05, 4.69) is 5.32 Å². The third-order valence-corrected chi connectivity index (χ3v) is 7.66. The average Bonchev–Trinajstić information content (AvgIpc) is 3.41. The van der Waals surface area contributed by atoms with Crippen LogP contribution in [0.25, 0.3) is 0 Å². The van der Waals surface area contributed by atoms with Crippen molar-refractivity contribution in [3.63, 3.8) is 0 Å². The zero-order valence-corrected chi connectivity index (χ0v) is 24.2. The molecule has 2 aliphatic rings. The number of imide groups is 1. The molecule has 1 aliphatic heterocycles. The summed E-state index contributed by atoms with van der Waals surface area (Å²) >= 11 is 0. The van der Waals surface area contributed by atoms with Crippen LogP contribution in [0.15, 0.2) is 42.5 Å². The summed E-state index contributed by atoms with van der Waals surface area (Å²) in [5, 5.41) is 2.79. The molecule has 4 rings (SSSR count). The Bertz CT molecular complexity index is 1400. The molecule has 0 radical (unpaired) electrons. The second-order valence-electron chi connectivity index (χ2n) is 11.0. The van der Waals surface area contributed by atoms with Gasteiger partial charge in [0.1, 0.15) is 18.4 Å². The van der Waals surface area contributed by atoms with Crippen LogP contribution in [-0.4, -0.2) is 96.5 Å². The van der Waals surface area contributed by atoms with Crippen LogP contribution in [0.1, 0.15) is 30.0 Å². The first-order valence-electron chi connectivity index (χ1n) is 13.6. The molecule has 2 aromatic rings. The van der Waals surface area contributed by atoms with Gasteiger partial charge in [-0.2, -0.15) is 13.2 Å². The average molecular weight is 608 g/mol. The monoisotopic (exact) mass is 607 g/mol. The van der Waals surface area contributed by atoms with E-state index in [4.69, 9.17) is 4.74 Å². The van der Waals surface area contributed by atoms with Gasteiger partial charge in [0.25, 0.3) is 5.91 Å². The maximum atomic E-state index is 13.7. The van der Waals surface area contributed by atoms with Gasteiger partial charge < -0.3 is 24.8 Å². The molecular formula is C29H33F4N5O5. The fourth-order valence-corrected chi connectivity index (χ4v) is 5.03. The number of amides is 5. The van der Waals surface area contributed by atoms with Crippen LogP contribution >= 0.6 is 0 Å². The number of hydrogen-bond donors (Lipinski definition) is 1. The molecule has 1 spiro atoms. The van der Waals surface area contributed by atoms with Crippen molar-refractivity contribution in [3.8, 4) is 0 Å². The van der Waals surface area contributed by atoms with Gasteiger partial charge in [0, 0.05) is 44.4 Å². The van der Waals surface area contributed by atoms with Gasteiger partial charge in [-0.15, -0.1) is 0 Å². The number of benzene rings is 2. The minimum absolute atomic E-state index is 0.0655. The number of fused-ring (bicyclic) bond motifs is 2. The zero-order chi connectivity index (χ0) is 31.7. The van der Waals surface area contributed by atoms with Crippen molar-refractivity contribution in [2.45, 2.75) is 44.1 Å². The number of ether oxygens (including phenoxy) is 1. The second kappa shape index (κ2) is 12.2. The molecule has 1 N–H and O–H groups in total. The Labute approximate surface area is 246 Å². The molecule has 10 nitrogen and oxygen atoms in total. The highest BCUT2D eigenvalue weighted by Crippen LogP contribution is 2.46. The number of hydrogen-bond acceptors (Lipinski definition) is 6. The van der Waals surface area contributed by atoms with Crippen molar-refractivity contribution in [2.75, 3.05) is 46.1 Å². The predicted octanol–water partition coefficient (Wildman–Crippen LogP) is 3.95. The highest BCUT2D eigenvalue weighted by Gasteiger charge is 2.58. The Balaban J connectivity index is 1.50. The molecule has 2 aromatic carbocycles. The van der Waals surface area contributed by atoms with Crippen molar-refractivity contribution < 1.29 is 41.5 Å². The summed E-state index contributed by atoms with van der Waals surface area (Å²) < 4.78 is 59.8. The summed E-state index contributed by atoms with van der Waals surface area (Å²) in [5.74, 6) is -2.59. The van der Waals surface area contributed by atoms with Crippen molar-refractivity contribution in [1.29, 1.82) is 0 Å². The number of nitrogens with zero attached hydrogens (tertiary/aromatic N) is 4. The third kappa shape index (κ3) is 6.74. The van der Waals surface area contributed by atoms with Crippen LogP contribution in [0.3, 0.4) is 0 Å². The topological polar surface area (TPSA) is 102 Å². The van der Waals surface area contributed by atoms with E-state index in [-0.39, 0.29) is 18.0 Å². The Morgan fingerprint density at radius 3 is 2.37 bits per heavy atom. The fraction of sp³-hybridized carbons (Fsp3) is 0.448. The fourth-order valence-electron chi connectivity index (χ4n) is 5.03. The first-order valence-corrected chi connectivity index (χ1v) is 13.6. The number of anilines is 1. The summed E-state index contributed by atoms with van der Waals surface area (Å²) in [4.78, 5) is 56.6. The van der Waals surface area contributed by atoms with E-state index in [9.17, 15) is 36.7 Å². The van der Waals surface area contributed by atoms with E-state index in [0.29, 0.717) is 46.1 Å². The van der Waals surface area contributed by atoms with E-state index in [0.717, 1.165) is 19.1 Å². The number of carbonyl (C=O) groups excluding carboxylic acids is 4. The Morgan fingerprint density at radius 2 is 1.74 bits per heavy atom. The molecule has 1 heterocycles. The SMILES string of the molecule is C[C@H](N(Cc1ccc(F)cc1)C(=O)CN1C(=O)O[C@@]2(CCc3cc(NC(=O)N(C)CCN(C)C)ccc32)C1=O)C(F)(F)F. The van der Waals surface area contributed by atoms with Crippen LogP contribution in [0.2, 0.25) is 0 Å². The van der Waals surface area contributed by atoms with Gasteiger partial charge in [-0.3, -0.25) is 9.59 Å². The van der Waals surface area contributed by atoms with E-state index in [1.807, 2.05) is 19.0 Å². The quantitative estimate of drug-likeness (QED) is 0.434. The largest absolute Gasteiger partial charge is 0.427 e. The predicted molar refractivity (Wildman–Crippen MR) is 147 cm³/mol. The minimum atomic E-state index is -4.80. The van der Waals surface area contributed by atoms with Crippen molar-refractivity contribution in [1.82, 2.24) is 19.6 Å². The number of likely N-dealkylation sites (N-methyl/N-ethyl adjacent to an activating group) is 2. The lowest BCUT2D eigenvalue weighted by Crippen LogP contribution is -2.51. The normalized spacial score (nSPS) is 18.6. The van der Waals surface area contributed by atoms with Gasteiger partial charge in [-0.1, -0.05) is 18.2 Å². The maximum absolute atomic E-state index is 13.7. The summed E-state index contributed by atoms with van der Waals surface area (Å²) in [6.45, 7) is 0.460. The van der Waals surface area contributed by atoms with Crippen LogP contribution in [0.4, 0.5) is 32.8 Å².